The zero-order chi connectivity index (χ0) is 59.0. The molecule has 0 saturated heterocycles. The van der Waals surface area contributed by atoms with Crippen LogP contribution < -0.4 is 0 Å². The molecular formula is C72H86N4O4S4. The number of rotatable bonds is 31. The lowest BCUT2D eigenvalue weighted by Crippen LogP contribution is -2.34. The van der Waals surface area contributed by atoms with Gasteiger partial charge in [0.2, 0.25) is 0 Å². The molecule has 4 unspecified atom stereocenters. The van der Waals surface area contributed by atoms with Crippen LogP contribution in [0.15, 0.2) is 130 Å². The summed E-state index contributed by atoms with van der Waals surface area (Å²) in [5.74, 6) is 1.19. The van der Waals surface area contributed by atoms with E-state index in [0.717, 1.165) is 177 Å². The third kappa shape index (κ3) is 12.4. The van der Waals surface area contributed by atoms with Gasteiger partial charge in [-0.25, -0.2) is 0 Å². The van der Waals surface area contributed by atoms with Crippen LogP contribution in [0.2, 0.25) is 0 Å². The third-order valence-corrected chi connectivity index (χ3v) is 22.2. The molecule has 0 radical (unpaired) electrons. The highest BCUT2D eigenvalue weighted by molar-refractivity contribution is 7.17. The Morgan fingerprint density at radius 2 is 0.583 bits per heavy atom. The summed E-state index contributed by atoms with van der Waals surface area (Å²) in [6.07, 6.45) is 17.0. The Bertz CT molecular complexity index is 3180. The van der Waals surface area contributed by atoms with Crippen molar-refractivity contribution in [2.45, 2.75) is 158 Å². The number of carbonyl (C=O) groups excluding carboxylic acids is 4. The Labute approximate surface area is 516 Å². The molecule has 0 spiro atoms. The monoisotopic (exact) mass is 1200 g/mol. The molecule has 8 nitrogen and oxygen atoms in total. The number of thiophene rings is 4. The summed E-state index contributed by atoms with van der Waals surface area (Å²) in [6, 6.07) is 34.2. The number of unbranched alkanes of at least 4 members (excludes halogenated alkanes) is 4. The Balaban J connectivity index is 0.937. The van der Waals surface area contributed by atoms with E-state index in [1.54, 1.807) is 45.3 Å². The van der Waals surface area contributed by atoms with E-state index in [4.69, 9.17) is 0 Å². The number of amides is 4. The lowest BCUT2D eigenvalue weighted by molar-refractivity contribution is -0.124. The molecule has 2 aromatic carbocycles. The topological polar surface area (TPSA) is 81.2 Å². The number of hydrogen-bond donors (Lipinski definition) is 0. The summed E-state index contributed by atoms with van der Waals surface area (Å²) in [5, 5.41) is 4.10. The minimum absolute atomic E-state index is 0.0428. The summed E-state index contributed by atoms with van der Waals surface area (Å²) < 4.78 is 0. The van der Waals surface area contributed by atoms with Gasteiger partial charge in [0.1, 0.15) is 0 Å². The molecule has 0 aliphatic carbocycles. The van der Waals surface area contributed by atoms with Crippen molar-refractivity contribution in [2.75, 3.05) is 26.2 Å². The van der Waals surface area contributed by atoms with E-state index in [2.05, 4.69) is 140 Å². The second kappa shape index (κ2) is 28.1. The van der Waals surface area contributed by atoms with Crippen molar-refractivity contribution in [1.29, 1.82) is 0 Å². The fourth-order valence-corrected chi connectivity index (χ4v) is 16.7. The van der Waals surface area contributed by atoms with E-state index in [1.807, 2.05) is 42.5 Å². The quantitative estimate of drug-likeness (QED) is 0.0434. The lowest BCUT2D eigenvalue weighted by atomic mass is 9.98. The number of fused-ring (bicyclic) bond motifs is 2. The number of benzene rings is 2. The largest absolute Gasteiger partial charge is 0.306 e. The van der Waals surface area contributed by atoms with Crippen LogP contribution in [-0.4, -0.2) is 69.4 Å². The van der Waals surface area contributed by atoms with Crippen LogP contribution in [0.3, 0.4) is 0 Å². The fraction of sp³-hybridized carbons (Fsp3) is 0.444. The van der Waals surface area contributed by atoms with Gasteiger partial charge in [-0.3, -0.25) is 19.2 Å². The minimum Gasteiger partial charge on any atom is -0.306 e. The first kappa shape index (κ1) is 61.2. The molecule has 4 amide bonds. The molecule has 6 aromatic rings. The van der Waals surface area contributed by atoms with E-state index in [9.17, 15) is 0 Å². The van der Waals surface area contributed by atoms with Gasteiger partial charge in [-0.2, -0.15) is 0 Å². The van der Waals surface area contributed by atoms with E-state index in [0.29, 0.717) is 72.1 Å². The third-order valence-electron chi connectivity index (χ3n) is 18.2. The molecule has 4 aromatic heterocycles. The van der Waals surface area contributed by atoms with Gasteiger partial charge in [0.05, 0.1) is 64.6 Å². The van der Waals surface area contributed by atoms with Gasteiger partial charge in [-0.15, -0.1) is 45.3 Å². The van der Waals surface area contributed by atoms with Gasteiger partial charge >= 0.3 is 0 Å². The van der Waals surface area contributed by atoms with Crippen molar-refractivity contribution in [1.82, 2.24) is 19.6 Å². The Hall–Kier alpha value is -5.92. The molecule has 84 heavy (non-hydrogen) atoms. The Kier molecular flexibility index (Phi) is 20.4. The summed E-state index contributed by atoms with van der Waals surface area (Å²) in [7, 11) is 0. The van der Waals surface area contributed by atoms with E-state index < -0.39 is 0 Å². The van der Waals surface area contributed by atoms with Crippen LogP contribution in [0.4, 0.5) is 0 Å². The standard InChI is InChI=1S/C72H86N4O4S4/c1-9-17-23-47(13-5)43-73-65(57-27-21-41-81-57)61-63(71(73)79)67(75(69(61)77)45-49(15-7)25-19-11-3)59-39-37-55(83-59)53-33-29-51(30-34-53)52-31-35-54(36-32-52)56-38-40-60(84-56)68-64-62(70(78)76(68)46-50(16-8)26-20-12-4)66(58-28-22-42-82-58)74(72(64)80)44-48(14-6)24-18-10-2/h21-22,27-42,47-50H,9-20,23-26,43-46H2,1-8H3. The average Bonchev–Trinajstić information content (AvgIpc) is 1.77. The maximum absolute atomic E-state index is 15.1. The molecule has 4 aliphatic heterocycles. The van der Waals surface area contributed by atoms with Crippen molar-refractivity contribution in [3.63, 3.8) is 0 Å². The van der Waals surface area contributed by atoms with Crippen LogP contribution in [0.5, 0.6) is 0 Å². The maximum atomic E-state index is 15.1. The highest BCUT2D eigenvalue weighted by atomic mass is 32.1. The second-order valence-electron chi connectivity index (χ2n) is 23.7. The first-order valence-corrected chi connectivity index (χ1v) is 35.1. The van der Waals surface area contributed by atoms with Gasteiger partial charge in [-0.05, 0) is 119 Å². The molecule has 0 fully saturated rings. The SMILES string of the molecule is CCCCC(CC)CN1C(=O)C2=C(c3ccc(-c4ccc(-c5ccc(-c6ccc(C7=C8C(=O)N(CC(CC)CCCC)C(c9cccs9)=C8C(=O)N7CC(CC)CCCC)s6)cc5)cc4)s3)N(CC(CC)CCCC)C(=O)C2=C1c1cccs1. The number of carbonyl (C=O) groups is 4. The van der Waals surface area contributed by atoms with Crippen LogP contribution in [-0.2, 0) is 19.2 Å². The molecule has 4 atom stereocenters. The summed E-state index contributed by atoms with van der Waals surface area (Å²) in [4.78, 5) is 74.3. The smallest absolute Gasteiger partial charge is 0.261 e. The fourth-order valence-electron chi connectivity index (χ4n) is 12.9. The molecule has 4 aliphatic rings. The highest BCUT2D eigenvalue weighted by Gasteiger charge is 2.52. The normalized spacial score (nSPS) is 16.9. The Morgan fingerprint density at radius 1 is 0.321 bits per heavy atom. The maximum Gasteiger partial charge on any atom is 0.261 e. The predicted molar refractivity (Wildman–Crippen MR) is 355 cm³/mol. The molecular weight excluding hydrogens is 1110 g/mol. The van der Waals surface area contributed by atoms with Crippen molar-refractivity contribution in [3.05, 3.63) is 150 Å². The van der Waals surface area contributed by atoms with E-state index >= 15 is 19.2 Å². The summed E-state index contributed by atoms with van der Waals surface area (Å²) in [6.45, 7) is 20.2. The van der Waals surface area contributed by atoms with Crippen LogP contribution >= 0.6 is 45.3 Å². The predicted octanol–water partition coefficient (Wildman–Crippen LogP) is 19.4. The minimum atomic E-state index is -0.0428. The van der Waals surface area contributed by atoms with Crippen LogP contribution in [0.25, 0.3) is 54.8 Å². The van der Waals surface area contributed by atoms with Crippen molar-refractivity contribution < 1.29 is 19.2 Å². The molecule has 12 heteroatoms. The van der Waals surface area contributed by atoms with Gasteiger partial charge in [0.25, 0.3) is 23.6 Å². The first-order valence-electron chi connectivity index (χ1n) is 31.7. The van der Waals surface area contributed by atoms with Gasteiger partial charge in [-0.1, -0.05) is 193 Å². The van der Waals surface area contributed by atoms with Crippen molar-refractivity contribution in [3.8, 4) is 32.0 Å². The molecule has 8 heterocycles. The number of nitrogens with zero attached hydrogens (tertiary/aromatic N) is 4. The lowest BCUT2D eigenvalue weighted by Gasteiger charge is -2.29. The Morgan fingerprint density at radius 3 is 0.833 bits per heavy atom. The van der Waals surface area contributed by atoms with Crippen LogP contribution in [0.1, 0.15) is 178 Å². The second-order valence-corrected chi connectivity index (χ2v) is 27.7. The molecule has 10 rings (SSSR count). The molecule has 0 bridgehead atoms. The molecule has 0 saturated carbocycles. The van der Waals surface area contributed by atoms with Crippen molar-refractivity contribution >= 4 is 91.8 Å². The van der Waals surface area contributed by atoms with E-state index in [1.165, 1.54) is 0 Å². The molecule has 442 valence electrons. The van der Waals surface area contributed by atoms with E-state index in [-0.39, 0.29) is 23.6 Å². The average molecular weight is 1200 g/mol. The first-order chi connectivity index (χ1) is 41.0. The van der Waals surface area contributed by atoms with Gasteiger partial charge < -0.3 is 19.6 Å². The summed E-state index contributed by atoms with van der Waals surface area (Å²) >= 11 is 6.53. The van der Waals surface area contributed by atoms with Gasteiger partial charge in [0.15, 0.2) is 0 Å². The summed E-state index contributed by atoms with van der Waals surface area (Å²) in [5.41, 5.74) is 9.83. The zero-order valence-corrected chi connectivity index (χ0v) is 54.2. The van der Waals surface area contributed by atoms with Gasteiger partial charge in [0, 0.05) is 35.9 Å². The zero-order valence-electron chi connectivity index (χ0n) is 50.9. The highest BCUT2D eigenvalue weighted by Crippen LogP contribution is 2.52. The molecule has 0 N–H and O–H groups in total. The van der Waals surface area contributed by atoms with Crippen molar-refractivity contribution in [2.24, 2.45) is 23.7 Å². The number of hydrogen-bond acceptors (Lipinski definition) is 8. The van der Waals surface area contributed by atoms with Crippen LogP contribution in [0, 0.1) is 23.7 Å².